The number of hydrogen-bond acceptors (Lipinski definition) is 6. The Morgan fingerprint density at radius 3 is 2.21 bits per heavy atom. The Balaban J connectivity index is 2.96. The predicted molar refractivity (Wildman–Crippen MR) is 48.1 cm³/mol. The number of ether oxygens (including phenoxy) is 1. The van der Waals surface area contributed by atoms with Gasteiger partial charge in [-0.3, -0.25) is 0 Å². The molecule has 0 aromatic rings. The molecule has 0 aromatic carbocycles. The summed E-state index contributed by atoms with van der Waals surface area (Å²) in [5.41, 5.74) is -1.45. The molecule has 1 saturated heterocycles. The van der Waals surface area contributed by atoms with E-state index in [1.807, 2.05) is 0 Å². The Morgan fingerprint density at radius 1 is 1.29 bits per heavy atom. The molecule has 0 saturated carbocycles. The normalized spacial score (nSPS) is 54.6. The topological polar surface area (TPSA) is 110 Å². The first-order valence-electron chi connectivity index (χ1n) is 4.32. The molecule has 0 aromatic heterocycles. The maximum atomic E-state index is 9.61. The zero-order valence-corrected chi connectivity index (χ0v) is 10.1. The maximum Gasteiger partial charge on any atom is 0.312 e. The zero-order chi connectivity index (χ0) is 11.1. The van der Waals surface area contributed by atoms with E-state index < -0.39 is 35.2 Å². The van der Waals surface area contributed by atoms with Crippen LogP contribution in [0.5, 0.6) is 0 Å². The Kier molecular flexibility index (Phi) is 3.27. The van der Waals surface area contributed by atoms with Crippen LogP contribution in [0.3, 0.4) is 0 Å². The van der Waals surface area contributed by atoms with Gasteiger partial charge in [0.15, 0.2) is 0 Å². The van der Waals surface area contributed by atoms with Crippen molar-refractivity contribution in [2.45, 2.75) is 35.5 Å². The molecule has 0 amide bonds. The number of rotatable bonds is 1. The third-order valence-corrected chi connectivity index (χ3v) is 3.37. The average Bonchev–Trinajstić information content (AvgIpc) is 2.11. The van der Waals surface area contributed by atoms with Crippen LogP contribution < -0.4 is 0 Å². The fraction of sp³-hybridized carbons (Fsp3) is 1.00. The molecular formula is C7H15AlO6. The average molecular weight is 222 g/mol. The van der Waals surface area contributed by atoms with Gasteiger partial charge in [0.05, 0.1) is 6.61 Å². The van der Waals surface area contributed by atoms with E-state index >= 15 is 0 Å². The molecule has 1 aliphatic heterocycles. The minimum absolute atomic E-state index is 0.0499. The number of aliphatic hydroxyl groups is 5. The summed E-state index contributed by atoms with van der Waals surface area (Å²) in [5, 5.41) is 46.9. The fourth-order valence-electron chi connectivity index (χ4n) is 1.57. The molecule has 1 rings (SSSR count). The summed E-state index contributed by atoms with van der Waals surface area (Å²) >= 11 is 0.0499. The molecule has 5 atom stereocenters. The molecule has 0 unspecified atom stereocenters. The van der Waals surface area contributed by atoms with Crippen molar-refractivity contribution < 1.29 is 30.3 Å². The third-order valence-electron chi connectivity index (χ3n) is 2.58. The van der Waals surface area contributed by atoms with Crippen LogP contribution in [0.2, 0.25) is 0 Å². The molecule has 0 bridgehead atoms. The second-order valence-electron chi connectivity index (χ2n) is 4.01. The van der Waals surface area contributed by atoms with E-state index in [0.29, 0.717) is 0 Å². The van der Waals surface area contributed by atoms with Crippen molar-refractivity contribution >= 4 is 16.3 Å². The van der Waals surface area contributed by atoms with Gasteiger partial charge in [-0.15, -0.1) is 0 Å². The van der Waals surface area contributed by atoms with Crippen LogP contribution >= 0.6 is 0 Å². The van der Waals surface area contributed by atoms with Crippen LogP contribution in [0, 0.1) is 0 Å². The summed E-state index contributed by atoms with van der Waals surface area (Å²) in [6.07, 6.45) is -4.51. The highest BCUT2D eigenvalue weighted by molar-refractivity contribution is 6.13. The lowest BCUT2D eigenvalue weighted by Crippen LogP contribution is -2.70. The van der Waals surface area contributed by atoms with Crippen molar-refractivity contribution in [1.82, 2.24) is 0 Å². The van der Waals surface area contributed by atoms with Gasteiger partial charge in [0.25, 0.3) is 0 Å². The molecule has 0 spiro atoms. The molecule has 1 aliphatic rings. The summed E-state index contributed by atoms with van der Waals surface area (Å²) in [6, 6.07) is 0. The predicted octanol–water partition coefficient (Wildman–Crippen LogP) is -3.87. The second kappa shape index (κ2) is 3.70. The van der Waals surface area contributed by atoms with Crippen LogP contribution in [-0.2, 0) is 4.74 Å². The van der Waals surface area contributed by atoms with E-state index in [1.54, 1.807) is 0 Å². The van der Waals surface area contributed by atoms with Gasteiger partial charge in [0, 0.05) is 0 Å². The quantitative estimate of drug-likeness (QED) is 0.290. The Labute approximate surface area is 89.2 Å². The van der Waals surface area contributed by atoms with E-state index in [4.69, 9.17) is 9.84 Å². The van der Waals surface area contributed by atoms with Crippen molar-refractivity contribution in [2.75, 3.05) is 6.61 Å². The number of aliphatic hydroxyl groups excluding tert-OH is 4. The maximum absolute atomic E-state index is 9.61. The zero-order valence-electron chi connectivity index (χ0n) is 8.08. The van der Waals surface area contributed by atoms with E-state index in [2.05, 4.69) is 0 Å². The van der Waals surface area contributed by atoms with E-state index in [1.165, 1.54) is 6.92 Å². The van der Waals surface area contributed by atoms with Crippen molar-refractivity contribution in [2.24, 2.45) is 0 Å². The molecule has 0 radical (unpaired) electrons. The van der Waals surface area contributed by atoms with Crippen LogP contribution in [-0.4, -0.2) is 77.0 Å². The van der Waals surface area contributed by atoms with Gasteiger partial charge in [-0.05, 0) is 6.92 Å². The molecule has 1 fully saturated rings. The fourth-order valence-corrected chi connectivity index (χ4v) is 2.38. The molecule has 5 N–H and O–H groups in total. The van der Waals surface area contributed by atoms with Crippen molar-refractivity contribution in [3.63, 3.8) is 0 Å². The van der Waals surface area contributed by atoms with E-state index in [-0.39, 0.29) is 16.3 Å². The molecule has 7 heteroatoms. The van der Waals surface area contributed by atoms with E-state index in [0.717, 1.165) is 0 Å². The van der Waals surface area contributed by atoms with Gasteiger partial charge in [-0.25, -0.2) is 0 Å². The minimum Gasteiger partial charge on any atom is -0.393 e. The largest absolute Gasteiger partial charge is 0.393 e. The van der Waals surface area contributed by atoms with Gasteiger partial charge in [0.2, 0.25) is 0 Å². The minimum atomic E-state index is -1.85. The van der Waals surface area contributed by atoms with Crippen molar-refractivity contribution in [1.29, 1.82) is 0 Å². The summed E-state index contributed by atoms with van der Waals surface area (Å²) in [6.45, 7) is 0.804. The van der Waals surface area contributed by atoms with Gasteiger partial charge in [0.1, 0.15) is 28.6 Å². The summed E-state index contributed by atoms with van der Waals surface area (Å²) in [7, 11) is 0. The third kappa shape index (κ3) is 1.83. The van der Waals surface area contributed by atoms with E-state index in [9.17, 15) is 20.4 Å². The summed E-state index contributed by atoms with van der Waals surface area (Å²) in [4.78, 5) is 0. The van der Waals surface area contributed by atoms with Crippen LogP contribution in [0.1, 0.15) is 6.92 Å². The number of hydrogen-bond donors (Lipinski definition) is 5. The van der Waals surface area contributed by atoms with Crippen LogP contribution in [0.25, 0.3) is 0 Å². The molecule has 6 nitrogen and oxygen atoms in total. The van der Waals surface area contributed by atoms with Gasteiger partial charge >= 0.3 is 16.3 Å². The first-order valence-corrected chi connectivity index (χ1v) is 5.32. The van der Waals surface area contributed by atoms with Crippen LogP contribution in [0.4, 0.5) is 0 Å². The highest BCUT2D eigenvalue weighted by atomic mass is 27.0. The first-order chi connectivity index (χ1) is 6.24. The Hall–Kier alpha value is 0.292. The monoisotopic (exact) mass is 222 g/mol. The van der Waals surface area contributed by atoms with Crippen molar-refractivity contribution in [3.05, 3.63) is 0 Å². The summed E-state index contributed by atoms with van der Waals surface area (Å²) < 4.78 is 3.16. The lowest BCUT2D eigenvalue weighted by molar-refractivity contribution is -0.343. The second-order valence-corrected chi connectivity index (χ2v) is 5.44. The molecule has 14 heavy (non-hydrogen) atoms. The molecule has 1 heterocycles. The highest BCUT2D eigenvalue weighted by Crippen LogP contribution is 2.32. The molecule has 82 valence electrons. The summed E-state index contributed by atoms with van der Waals surface area (Å²) in [5.74, 6) is 0. The standard InChI is InChI=1S/C7H13O6.Al.2H/c1-7(2-8)5(11)3(9)4(10)6(12)13-7;;;/h3-5,8-12H,2H2,1H3;;;/t3-,4-,5+,7-;;;/m1.../s1. The molecule has 0 aliphatic carbocycles. The highest BCUT2D eigenvalue weighted by Gasteiger charge is 2.54. The van der Waals surface area contributed by atoms with Crippen molar-refractivity contribution in [3.8, 4) is 0 Å². The SMILES string of the molecule is C[C@]1(CO)O[C@@](O)([AlH2])[C@H](O)[C@@H](O)[C@@H]1O. The molecular weight excluding hydrogens is 207 g/mol. The van der Waals surface area contributed by atoms with Gasteiger partial charge < -0.3 is 30.3 Å². The Morgan fingerprint density at radius 2 is 1.79 bits per heavy atom. The first kappa shape index (κ1) is 12.4. The Bertz CT molecular complexity index is 222. The lowest BCUT2D eigenvalue weighted by atomic mass is 9.89. The van der Waals surface area contributed by atoms with Gasteiger partial charge in [-0.1, -0.05) is 0 Å². The smallest absolute Gasteiger partial charge is 0.312 e. The van der Waals surface area contributed by atoms with Crippen LogP contribution in [0.15, 0.2) is 0 Å². The lowest BCUT2D eigenvalue weighted by Gasteiger charge is -2.50. The van der Waals surface area contributed by atoms with Gasteiger partial charge in [-0.2, -0.15) is 0 Å².